The minimum Gasteiger partial charge on any atom is -0.336 e. The summed E-state index contributed by atoms with van der Waals surface area (Å²) in [6.45, 7) is 0.536. The Morgan fingerprint density at radius 2 is 1.94 bits per heavy atom. The van der Waals surface area contributed by atoms with Crippen LogP contribution in [0.5, 0.6) is 0 Å². The molecule has 0 spiro atoms. The van der Waals surface area contributed by atoms with Gasteiger partial charge < -0.3 is 16.0 Å². The first-order chi connectivity index (χ1) is 8.63. The first-order valence-electron chi connectivity index (χ1n) is 5.92. The molecular formula is C13H19N3O2. The van der Waals surface area contributed by atoms with Crippen LogP contribution in [0.4, 0.5) is 5.69 Å². The molecule has 0 aliphatic rings. The van der Waals surface area contributed by atoms with E-state index >= 15 is 0 Å². The second-order valence-corrected chi connectivity index (χ2v) is 4.06. The van der Waals surface area contributed by atoms with Crippen molar-refractivity contribution in [3.8, 4) is 0 Å². The molecule has 1 aromatic carbocycles. The predicted octanol–water partition coefficient (Wildman–Crippen LogP) is 0.822. The lowest BCUT2D eigenvalue weighted by Crippen LogP contribution is -2.35. The number of carbonyl (C=O) groups is 2. The number of likely N-dealkylation sites (N-methyl/N-ethyl adjacent to an activating group) is 1. The summed E-state index contributed by atoms with van der Waals surface area (Å²) in [4.78, 5) is 24.7. The van der Waals surface area contributed by atoms with Crippen molar-refractivity contribution >= 4 is 17.5 Å². The molecular weight excluding hydrogens is 230 g/mol. The van der Waals surface area contributed by atoms with Gasteiger partial charge in [0, 0.05) is 19.2 Å². The van der Waals surface area contributed by atoms with Gasteiger partial charge in [-0.05, 0) is 25.1 Å². The van der Waals surface area contributed by atoms with E-state index in [9.17, 15) is 9.59 Å². The van der Waals surface area contributed by atoms with E-state index in [1.807, 2.05) is 18.2 Å². The molecule has 0 unspecified atom stereocenters. The summed E-state index contributed by atoms with van der Waals surface area (Å²) >= 11 is 0. The summed E-state index contributed by atoms with van der Waals surface area (Å²) < 4.78 is 0. The summed E-state index contributed by atoms with van der Waals surface area (Å²) in [5.74, 6) is -0.270. The number of rotatable bonds is 6. The van der Waals surface area contributed by atoms with E-state index in [0.717, 1.165) is 5.69 Å². The van der Waals surface area contributed by atoms with E-state index in [0.29, 0.717) is 19.4 Å². The monoisotopic (exact) mass is 249 g/mol. The fraction of sp³-hybridized carbons (Fsp3) is 0.385. The van der Waals surface area contributed by atoms with Crippen LogP contribution in [0.1, 0.15) is 12.8 Å². The number of hydrogen-bond donors (Lipinski definition) is 2. The molecule has 5 heteroatoms. The number of carbonyl (C=O) groups excluding carboxylic acids is 2. The standard InChI is InChI=1S/C13H19N3O2/c1-16(13(18)8-5-9-14)10-12(17)15-11-6-3-2-4-7-11/h2-4,6-7H,5,8-10,14H2,1H3,(H,15,17). The zero-order chi connectivity index (χ0) is 13.4. The van der Waals surface area contributed by atoms with E-state index in [4.69, 9.17) is 5.73 Å². The van der Waals surface area contributed by atoms with Crippen molar-refractivity contribution in [2.45, 2.75) is 12.8 Å². The number of benzene rings is 1. The van der Waals surface area contributed by atoms with Gasteiger partial charge in [0.05, 0.1) is 6.54 Å². The van der Waals surface area contributed by atoms with Crippen molar-refractivity contribution in [1.29, 1.82) is 0 Å². The fourth-order valence-corrected chi connectivity index (χ4v) is 1.47. The molecule has 0 aromatic heterocycles. The Labute approximate surface area is 107 Å². The van der Waals surface area contributed by atoms with Gasteiger partial charge in [-0.1, -0.05) is 18.2 Å². The van der Waals surface area contributed by atoms with E-state index in [2.05, 4.69) is 5.32 Å². The predicted molar refractivity (Wildman–Crippen MR) is 71.0 cm³/mol. The molecule has 0 atom stereocenters. The SMILES string of the molecule is CN(CC(=O)Nc1ccccc1)C(=O)CCCN. The van der Waals surface area contributed by atoms with Gasteiger partial charge in [-0.15, -0.1) is 0 Å². The minimum atomic E-state index is -0.204. The smallest absolute Gasteiger partial charge is 0.243 e. The number of nitrogens with zero attached hydrogens (tertiary/aromatic N) is 1. The Morgan fingerprint density at radius 1 is 1.28 bits per heavy atom. The Kier molecular flexibility index (Phi) is 5.87. The van der Waals surface area contributed by atoms with Crippen molar-refractivity contribution in [1.82, 2.24) is 4.90 Å². The van der Waals surface area contributed by atoms with Crippen LogP contribution in [-0.2, 0) is 9.59 Å². The molecule has 0 aliphatic carbocycles. The quantitative estimate of drug-likeness (QED) is 0.783. The average Bonchev–Trinajstić information content (AvgIpc) is 2.36. The highest BCUT2D eigenvalue weighted by atomic mass is 16.2. The summed E-state index contributed by atoms with van der Waals surface area (Å²) in [6, 6.07) is 9.15. The number of amides is 2. The van der Waals surface area contributed by atoms with Gasteiger partial charge in [0.25, 0.3) is 0 Å². The van der Waals surface area contributed by atoms with Crippen LogP contribution in [0.25, 0.3) is 0 Å². The maximum atomic E-state index is 11.7. The van der Waals surface area contributed by atoms with Gasteiger partial charge in [0.1, 0.15) is 0 Å². The molecule has 0 radical (unpaired) electrons. The Bertz CT molecular complexity index is 392. The molecule has 0 bridgehead atoms. The van der Waals surface area contributed by atoms with Crippen LogP contribution in [0.3, 0.4) is 0 Å². The first-order valence-corrected chi connectivity index (χ1v) is 5.92. The molecule has 2 amide bonds. The normalized spacial score (nSPS) is 9.89. The van der Waals surface area contributed by atoms with Crippen molar-refractivity contribution in [3.63, 3.8) is 0 Å². The number of hydrogen-bond acceptors (Lipinski definition) is 3. The van der Waals surface area contributed by atoms with Gasteiger partial charge in [-0.2, -0.15) is 0 Å². The maximum absolute atomic E-state index is 11.7. The largest absolute Gasteiger partial charge is 0.336 e. The molecule has 0 fully saturated rings. The van der Waals surface area contributed by atoms with E-state index in [1.165, 1.54) is 4.90 Å². The Balaban J connectivity index is 2.38. The van der Waals surface area contributed by atoms with Crippen LogP contribution in [-0.4, -0.2) is 36.9 Å². The average molecular weight is 249 g/mol. The highest BCUT2D eigenvalue weighted by Crippen LogP contribution is 2.05. The van der Waals surface area contributed by atoms with E-state index < -0.39 is 0 Å². The lowest BCUT2D eigenvalue weighted by atomic mass is 10.3. The lowest BCUT2D eigenvalue weighted by molar-refractivity contribution is -0.133. The molecule has 0 saturated carbocycles. The number of nitrogens with one attached hydrogen (secondary N) is 1. The van der Waals surface area contributed by atoms with E-state index in [1.54, 1.807) is 19.2 Å². The number of anilines is 1. The van der Waals surface area contributed by atoms with Crippen molar-refractivity contribution in [2.75, 3.05) is 25.5 Å². The first kappa shape index (κ1) is 14.2. The minimum absolute atomic E-state index is 0.0539. The highest BCUT2D eigenvalue weighted by molar-refractivity contribution is 5.94. The van der Waals surface area contributed by atoms with Crippen molar-refractivity contribution in [3.05, 3.63) is 30.3 Å². The third-order valence-corrected chi connectivity index (χ3v) is 2.46. The van der Waals surface area contributed by atoms with Crippen molar-refractivity contribution < 1.29 is 9.59 Å². The fourth-order valence-electron chi connectivity index (χ4n) is 1.47. The van der Waals surface area contributed by atoms with Crippen molar-refractivity contribution in [2.24, 2.45) is 5.73 Å². The summed E-state index contributed by atoms with van der Waals surface area (Å²) in [5, 5.41) is 2.73. The molecule has 98 valence electrons. The molecule has 5 nitrogen and oxygen atoms in total. The van der Waals surface area contributed by atoms with E-state index in [-0.39, 0.29) is 18.4 Å². The van der Waals surface area contributed by atoms with Gasteiger partial charge in [-0.25, -0.2) is 0 Å². The zero-order valence-corrected chi connectivity index (χ0v) is 10.6. The third kappa shape index (κ3) is 4.97. The molecule has 18 heavy (non-hydrogen) atoms. The number of nitrogens with two attached hydrogens (primary N) is 1. The molecule has 0 heterocycles. The Hall–Kier alpha value is -1.88. The molecule has 3 N–H and O–H groups in total. The number of para-hydroxylation sites is 1. The van der Waals surface area contributed by atoms with Crippen LogP contribution in [0.15, 0.2) is 30.3 Å². The van der Waals surface area contributed by atoms with Gasteiger partial charge in [0.2, 0.25) is 11.8 Å². The summed E-state index contributed by atoms with van der Waals surface area (Å²) in [5.41, 5.74) is 6.06. The van der Waals surface area contributed by atoms with Gasteiger partial charge in [-0.3, -0.25) is 9.59 Å². The molecule has 0 aliphatic heterocycles. The second kappa shape index (κ2) is 7.45. The molecule has 1 rings (SSSR count). The van der Waals surface area contributed by atoms with Crippen LogP contribution in [0.2, 0.25) is 0 Å². The third-order valence-electron chi connectivity index (χ3n) is 2.46. The lowest BCUT2D eigenvalue weighted by Gasteiger charge is -2.16. The van der Waals surface area contributed by atoms with Crippen LogP contribution >= 0.6 is 0 Å². The zero-order valence-electron chi connectivity index (χ0n) is 10.6. The van der Waals surface area contributed by atoms with Crippen LogP contribution in [0, 0.1) is 0 Å². The van der Waals surface area contributed by atoms with Gasteiger partial charge >= 0.3 is 0 Å². The topological polar surface area (TPSA) is 75.4 Å². The summed E-state index contributed by atoms with van der Waals surface area (Å²) in [7, 11) is 1.61. The molecule has 1 aromatic rings. The van der Waals surface area contributed by atoms with Gasteiger partial charge in [0.15, 0.2) is 0 Å². The summed E-state index contributed by atoms with van der Waals surface area (Å²) in [6.07, 6.45) is 1.02. The maximum Gasteiger partial charge on any atom is 0.243 e. The second-order valence-electron chi connectivity index (χ2n) is 4.06. The van der Waals surface area contributed by atoms with Crippen LogP contribution < -0.4 is 11.1 Å². The highest BCUT2D eigenvalue weighted by Gasteiger charge is 2.12. The molecule has 0 saturated heterocycles. The Morgan fingerprint density at radius 3 is 2.56 bits per heavy atom.